The lowest BCUT2D eigenvalue weighted by Gasteiger charge is -2.29. The van der Waals surface area contributed by atoms with Crippen LogP contribution >= 0.6 is 0 Å². The zero-order valence-electron chi connectivity index (χ0n) is 20.8. The van der Waals surface area contributed by atoms with Crippen LogP contribution in [0.25, 0.3) is 0 Å². The van der Waals surface area contributed by atoms with Gasteiger partial charge in [0.2, 0.25) is 0 Å². The number of rotatable bonds is 8. The van der Waals surface area contributed by atoms with E-state index in [1.54, 1.807) is 24.3 Å². The first kappa shape index (κ1) is 25.5. The van der Waals surface area contributed by atoms with Gasteiger partial charge in [0.25, 0.3) is 5.91 Å². The van der Waals surface area contributed by atoms with Crippen molar-refractivity contribution in [1.82, 2.24) is 4.90 Å². The van der Waals surface area contributed by atoms with E-state index in [-0.39, 0.29) is 23.4 Å². The lowest BCUT2D eigenvalue weighted by molar-refractivity contribution is -0.114. The van der Waals surface area contributed by atoms with Crippen LogP contribution < -0.4 is 5.32 Å². The second-order valence-corrected chi connectivity index (χ2v) is 11.3. The van der Waals surface area contributed by atoms with Crippen LogP contribution in [0.1, 0.15) is 17.5 Å². The van der Waals surface area contributed by atoms with Gasteiger partial charge >= 0.3 is 0 Å². The molecule has 0 bridgehead atoms. The van der Waals surface area contributed by atoms with E-state index in [1.807, 2.05) is 53.5 Å². The van der Waals surface area contributed by atoms with Crippen LogP contribution in [0, 0.1) is 5.82 Å². The number of carbonyl (C=O) groups excluding carboxylic acids is 1. The van der Waals surface area contributed by atoms with E-state index < -0.39 is 15.7 Å². The monoisotopic (exact) mass is 530 g/mol. The molecule has 38 heavy (non-hydrogen) atoms. The Labute approximate surface area is 221 Å². The molecule has 0 spiro atoms. The Morgan fingerprint density at radius 2 is 1.79 bits per heavy atom. The summed E-state index contributed by atoms with van der Waals surface area (Å²) in [5.41, 5.74) is 3.39. The van der Waals surface area contributed by atoms with Gasteiger partial charge in [-0.2, -0.15) is 0 Å². The Bertz CT molecular complexity index is 1540. The maximum Gasteiger partial charge on any atom is 0.275 e. The Hall–Kier alpha value is -4.17. The zero-order chi connectivity index (χ0) is 26.7. The first-order valence-electron chi connectivity index (χ1n) is 12.2. The molecule has 1 aliphatic carbocycles. The van der Waals surface area contributed by atoms with Crippen molar-refractivity contribution in [1.29, 1.82) is 0 Å². The number of amides is 1. The van der Waals surface area contributed by atoms with E-state index in [4.69, 9.17) is 4.74 Å². The van der Waals surface area contributed by atoms with Gasteiger partial charge in [-0.25, -0.2) is 12.8 Å². The maximum atomic E-state index is 13.8. The number of carbonyl (C=O) groups is 1. The average molecular weight is 531 g/mol. The number of ether oxygens (including phenoxy) is 1. The van der Waals surface area contributed by atoms with Crippen molar-refractivity contribution in [2.24, 2.45) is 0 Å². The SMILES string of the molecule is CS(=O)(=O)c1cccc(NC(=O)C2=C(OCc3ccccc3)C3=CC=CCC3N2Cc2ccc(F)cc2)c1. The van der Waals surface area contributed by atoms with Crippen molar-refractivity contribution in [3.05, 3.63) is 131 Å². The third-order valence-electron chi connectivity index (χ3n) is 6.50. The molecule has 8 heteroatoms. The molecule has 5 rings (SSSR count). The first-order chi connectivity index (χ1) is 18.3. The Morgan fingerprint density at radius 1 is 1.03 bits per heavy atom. The fraction of sp³-hybridized carbons (Fsp3) is 0.167. The summed E-state index contributed by atoms with van der Waals surface area (Å²) in [6.07, 6.45) is 7.74. The molecule has 0 radical (unpaired) electrons. The van der Waals surface area contributed by atoms with Crippen LogP contribution in [0.5, 0.6) is 0 Å². The van der Waals surface area contributed by atoms with Crippen molar-refractivity contribution in [3.63, 3.8) is 0 Å². The molecule has 1 unspecified atom stereocenters. The Morgan fingerprint density at radius 3 is 2.53 bits per heavy atom. The van der Waals surface area contributed by atoms with Gasteiger partial charge in [-0.15, -0.1) is 0 Å². The number of hydrogen-bond acceptors (Lipinski definition) is 5. The standard InChI is InChI=1S/C30H27FN2O4S/c1-38(35,36)25-11-7-10-24(18-25)32-30(34)28-29(37-20-22-8-3-2-4-9-22)26-12-5-6-13-27(26)33(28)19-21-14-16-23(31)17-15-21/h2-12,14-18,27H,13,19-20H2,1H3,(H,32,34). The van der Waals surface area contributed by atoms with Crippen LogP contribution in [0.2, 0.25) is 0 Å². The fourth-order valence-corrected chi connectivity index (χ4v) is 5.31. The van der Waals surface area contributed by atoms with E-state index in [1.165, 1.54) is 24.3 Å². The number of sulfone groups is 1. The van der Waals surface area contributed by atoms with Gasteiger partial charge in [-0.1, -0.05) is 66.8 Å². The van der Waals surface area contributed by atoms with Crippen LogP contribution in [0.3, 0.4) is 0 Å². The highest BCUT2D eigenvalue weighted by atomic mass is 32.2. The van der Waals surface area contributed by atoms with Crippen LogP contribution in [-0.4, -0.2) is 31.5 Å². The highest BCUT2D eigenvalue weighted by Gasteiger charge is 2.41. The topological polar surface area (TPSA) is 75.7 Å². The molecule has 1 N–H and O–H groups in total. The summed E-state index contributed by atoms with van der Waals surface area (Å²) in [6, 6.07) is 21.9. The van der Waals surface area contributed by atoms with Gasteiger partial charge in [0.15, 0.2) is 15.6 Å². The number of allylic oxidation sites excluding steroid dienone is 2. The van der Waals surface area contributed by atoms with E-state index in [0.29, 0.717) is 30.1 Å². The lowest BCUT2D eigenvalue weighted by Crippen LogP contribution is -2.35. The Kier molecular flexibility index (Phi) is 7.15. The lowest BCUT2D eigenvalue weighted by atomic mass is 9.99. The first-order valence-corrected chi connectivity index (χ1v) is 14.1. The minimum absolute atomic E-state index is 0.111. The summed E-state index contributed by atoms with van der Waals surface area (Å²) < 4.78 is 44.0. The molecule has 0 saturated carbocycles. The van der Waals surface area contributed by atoms with E-state index in [9.17, 15) is 17.6 Å². The summed E-state index contributed by atoms with van der Waals surface area (Å²) in [6.45, 7) is 0.634. The molecular formula is C30H27FN2O4S. The second kappa shape index (κ2) is 10.7. The summed E-state index contributed by atoms with van der Waals surface area (Å²) in [4.78, 5) is 15.9. The van der Waals surface area contributed by atoms with E-state index in [0.717, 1.165) is 23.0 Å². The minimum Gasteiger partial charge on any atom is -0.486 e. The van der Waals surface area contributed by atoms with Gasteiger partial charge < -0.3 is 15.0 Å². The van der Waals surface area contributed by atoms with Crippen LogP contribution in [0.15, 0.2) is 119 Å². The molecule has 6 nitrogen and oxygen atoms in total. The highest BCUT2D eigenvalue weighted by Crippen LogP contribution is 2.40. The number of hydrogen-bond donors (Lipinski definition) is 1. The molecule has 3 aromatic carbocycles. The predicted molar refractivity (Wildman–Crippen MR) is 144 cm³/mol. The zero-order valence-corrected chi connectivity index (χ0v) is 21.6. The Balaban J connectivity index is 1.54. The molecule has 2 aliphatic rings. The van der Waals surface area contributed by atoms with Gasteiger partial charge in [0.1, 0.15) is 18.1 Å². The highest BCUT2D eigenvalue weighted by molar-refractivity contribution is 7.90. The minimum atomic E-state index is -3.45. The normalized spacial score (nSPS) is 16.7. The molecule has 0 fully saturated rings. The molecule has 3 aromatic rings. The van der Waals surface area contributed by atoms with Crippen molar-refractivity contribution in [2.75, 3.05) is 11.6 Å². The third-order valence-corrected chi connectivity index (χ3v) is 7.61. The number of halogens is 1. The molecule has 1 aliphatic heterocycles. The van der Waals surface area contributed by atoms with Crippen LogP contribution in [-0.2, 0) is 32.5 Å². The van der Waals surface area contributed by atoms with Gasteiger partial charge in [0, 0.05) is 24.1 Å². The molecule has 1 amide bonds. The predicted octanol–water partition coefficient (Wildman–Crippen LogP) is 5.37. The van der Waals surface area contributed by atoms with E-state index >= 15 is 0 Å². The quantitative estimate of drug-likeness (QED) is 0.424. The third kappa shape index (κ3) is 5.55. The average Bonchev–Trinajstić information content (AvgIpc) is 3.22. The molecular weight excluding hydrogens is 503 g/mol. The molecule has 1 atom stereocenters. The number of benzene rings is 3. The van der Waals surface area contributed by atoms with Crippen molar-refractivity contribution in [2.45, 2.75) is 30.5 Å². The van der Waals surface area contributed by atoms with E-state index in [2.05, 4.69) is 5.32 Å². The second-order valence-electron chi connectivity index (χ2n) is 9.26. The van der Waals surface area contributed by atoms with Gasteiger partial charge in [-0.05, 0) is 47.9 Å². The van der Waals surface area contributed by atoms with Crippen molar-refractivity contribution < 1.29 is 22.3 Å². The molecule has 0 aromatic heterocycles. The molecule has 194 valence electrons. The molecule has 1 heterocycles. The maximum absolute atomic E-state index is 13.8. The fourth-order valence-electron chi connectivity index (χ4n) is 4.65. The number of nitrogens with zero attached hydrogens (tertiary/aromatic N) is 1. The summed E-state index contributed by atoms with van der Waals surface area (Å²) in [5, 5.41) is 2.87. The van der Waals surface area contributed by atoms with Crippen LogP contribution in [0.4, 0.5) is 10.1 Å². The largest absolute Gasteiger partial charge is 0.486 e. The van der Waals surface area contributed by atoms with Crippen molar-refractivity contribution in [3.8, 4) is 0 Å². The number of anilines is 1. The molecule has 0 saturated heterocycles. The van der Waals surface area contributed by atoms with Gasteiger partial charge in [0.05, 0.1) is 10.9 Å². The number of fused-ring (bicyclic) bond motifs is 1. The summed E-state index contributed by atoms with van der Waals surface area (Å²) >= 11 is 0. The smallest absolute Gasteiger partial charge is 0.275 e. The van der Waals surface area contributed by atoms with Gasteiger partial charge in [-0.3, -0.25) is 4.79 Å². The number of nitrogens with one attached hydrogen (secondary N) is 1. The van der Waals surface area contributed by atoms with Crippen molar-refractivity contribution >= 4 is 21.4 Å². The summed E-state index contributed by atoms with van der Waals surface area (Å²) in [5.74, 6) is -0.277. The summed E-state index contributed by atoms with van der Waals surface area (Å²) in [7, 11) is -3.45.